The van der Waals surface area contributed by atoms with Gasteiger partial charge in [-0.05, 0) is 38.4 Å². The van der Waals surface area contributed by atoms with Gasteiger partial charge >= 0.3 is 0 Å². The van der Waals surface area contributed by atoms with Gasteiger partial charge in [0, 0.05) is 18.2 Å². The maximum absolute atomic E-state index is 5.61. The van der Waals surface area contributed by atoms with Crippen molar-refractivity contribution in [2.45, 2.75) is 52.2 Å². The van der Waals surface area contributed by atoms with Crippen LogP contribution in [-0.2, 0) is 13.1 Å². The number of rotatable bonds is 8. The van der Waals surface area contributed by atoms with Crippen LogP contribution in [0.3, 0.4) is 0 Å². The Hall–Kier alpha value is -0.800. The van der Waals surface area contributed by atoms with Gasteiger partial charge < -0.3 is 9.73 Å². The quantitative estimate of drug-likeness (QED) is 0.752. The lowest BCUT2D eigenvalue weighted by atomic mass is 10.2. The molecule has 96 valence electrons. The zero-order valence-corrected chi connectivity index (χ0v) is 11.0. The Morgan fingerprint density at radius 1 is 1.41 bits per heavy atom. The van der Waals surface area contributed by atoms with Gasteiger partial charge in [0.2, 0.25) is 0 Å². The van der Waals surface area contributed by atoms with Crippen molar-refractivity contribution in [1.82, 2.24) is 10.2 Å². The number of hydrogen-bond acceptors (Lipinski definition) is 3. The summed E-state index contributed by atoms with van der Waals surface area (Å²) in [6.45, 7) is 8.57. The maximum atomic E-state index is 5.61. The predicted octanol–water partition coefficient (Wildman–Crippen LogP) is 2.76. The average molecular weight is 236 g/mol. The number of nitrogens with one attached hydrogen (secondary N) is 1. The van der Waals surface area contributed by atoms with Gasteiger partial charge in [-0.2, -0.15) is 0 Å². The van der Waals surface area contributed by atoms with Gasteiger partial charge in [-0.3, -0.25) is 4.90 Å². The fourth-order valence-corrected chi connectivity index (χ4v) is 2.07. The van der Waals surface area contributed by atoms with E-state index in [1.165, 1.54) is 24.8 Å². The Morgan fingerprint density at radius 3 is 2.88 bits per heavy atom. The third kappa shape index (κ3) is 3.86. The Kier molecular flexibility index (Phi) is 4.63. The van der Waals surface area contributed by atoms with E-state index in [4.69, 9.17) is 4.42 Å². The number of hydrogen-bond donors (Lipinski definition) is 1. The average Bonchev–Trinajstić information content (AvgIpc) is 3.07. The molecule has 17 heavy (non-hydrogen) atoms. The van der Waals surface area contributed by atoms with Crippen LogP contribution in [0, 0.1) is 0 Å². The van der Waals surface area contributed by atoms with Crippen LogP contribution in [0.4, 0.5) is 0 Å². The first-order valence-electron chi connectivity index (χ1n) is 6.84. The second kappa shape index (κ2) is 6.22. The van der Waals surface area contributed by atoms with Crippen LogP contribution < -0.4 is 5.32 Å². The number of nitrogens with zero attached hydrogens (tertiary/aromatic N) is 1. The second-order valence-corrected chi connectivity index (χ2v) is 4.89. The van der Waals surface area contributed by atoms with E-state index < -0.39 is 0 Å². The molecule has 3 nitrogen and oxygen atoms in total. The maximum Gasteiger partial charge on any atom is 0.122 e. The molecule has 1 aliphatic carbocycles. The SMILES string of the molecule is CCCN(CC)Cc1occc1CNC1CC1. The minimum absolute atomic E-state index is 0.760. The lowest BCUT2D eigenvalue weighted by Crippen LogP contribution is -2.24. The van der Waals surface area contributed by atoms with Gasteiger partial charge in [0.1, 0.15) is 5.76 Å². The molecule has 1 saturated carbocycles. The zero-order chi connectivity index (χ0) is 12.1. The fourth-order valence-electron chi connectivity index (χ4n) is 2.07. The molecule has 1 aromatic heterocycles. The monoisotopic (exact) mass is 236 g/mol. The first kappa shape index (κ1) is 12.7. The molecule has 0 amide bonds. The summed E-state index contributed by atoms with van der Waals surface area (Å²) in [5.41, 5.74) is 1.33. The molecule has 1 aliphatic rings. The summed E-state index contributed by atoms with van der Waals surface area (Å²) in [6, 6.07) is 2.86. The molecular weight excluding hydrogens is 212 g/mol. The molecule has 1 aromatic rings. The van der Waals surface area contributed by atoms with E-state index in [2.05, 4.69) is 30.1 Å². The minimum atomic E-state index is 0.760. The van der Waals surface area contributed by atoms with Gasteiger partial charge in [0.15, 0.2) is 0 Å². The lowest BCUT2D eigenvalue weighted by molar-refractivity contribution is 0.255. The van der Waals surface area contributed by atoms with Crippen LogP contribution in [-0.4, -0.2) is 24.0 Å². The molecule has 1 fully saturated rings. The normalized spacial score (nSPS) is 15.7. The second-order valence-electron chi connectivity index (χ2n) is 4.89. The molecule has 0 radical (unpaired) electrons. The molecule has 1 N–H and O–H groups in total. The smallest absolute Gasteiger partial charge is 0.122 e. The first-order chi connectivity index (χ1) is 8.33. The molecule has 0 saturated heterocycles. The molecule has 0 unspecified atom stereocenters. The van der Waals surface area contributed by atoms with Crippen LogP contribution in [0.15, 0.2) is 16.7 Å². The van der Waals surface area contributed by atoms with Crippen molar-refractivity contribution in [3.05, 3.63) is 23.7 Å². The molecule has 0 aromatic carbocycles. The van der Waals surface area contributed by atoms with E-state index in [9.17, 15) is 0 Å². The van der Waals surface area contributed by atoms with Crippen molar-refractivity contribution in [3.8, 4) is 0 Å². The van der Waals surface area contributed by atoms with Crippen LogP contribution in [0.2, 0.25) is 0 Å². The van der Waals surface area contributed by atoms with Crippen LogP contribution in [0.25, 0.3) is 0 Å². The van der Waals surface area contributed by atoms with Crippen LogP contribution >= 0.6 is 0 Å². The zero-order valence-electron chi connectivity index (χ0n) is 11.0. The van der Waals surface area contributed by atoms with E-state index in [1.807, 2.05) is 6.26 Å². The van der Waals surface area contributed by atoms with Gasteiger partial charge in [0.05, 0.1) is 12.8 Å². The Balaban J connectivity index is 1.87. The third-order valence-corrected chi connectivity index (χ3v) is 3.35. The molecule has 0 spiro atoms. The van der Waals surface area contributed by atoms with Gasteiger partial charge in [-0.25, -0.2) is 0 Å². The summed E-state index contributed by atoms with van der Waals surface area (Å²) in [6.07, 6.45) is 5.69. The Labute approximate surface area is 104 Å². The molecule has 2 rings (SSSR count). The molecule has 0 aliphatic heterocycles. The van der Waals surface area contributed by atoms with E-state index in [0.29, 0.717) is 0 Å². The highest BCUT2D eigenvalue weighted by Gasteiger charge is 2.21. The summed E-state index contributed by atoms with van der Waals surface area (Å²) in [5, 5.41) is 3.54. The van der Waals surface area contributed by atoms with Crippen molar-refractivity contribution in [1.29, 1.82) is 0 Å². The molecular formula is C14H24N2O. The van der Waals surface area contributed by atoms with E-state index in [1.54, 1.807) is 0 Å². The largest absolute Gasteiger partial charge is 0.468 e. The van der Waals surface area contributed by atoms with Gasteiger partial charge in [0.25, 0.3) is 0 Å². The Bertz CT molecular complexity index is 331. The van der Waals surface area contributed by atoms with Crippen LogP contribution in [0.5, 0.6) is 0 Å². The molecule has 0 atom stereocenters. The predicted molar refractivity (Wildman–Crippen MR) is 69.8 cm³/mol. The summed E-state index contributed by atoms with van der Waals surface area (Å²) < 4.78 is 5.61. The summed E-state index contributed by atoms with van der Waals surface area (Å²) >= 11 is 0. The summed E-state index contributed by atoms with van der Waals surface area (Å²) in [5.74, 6) is 1.13. The van der Waals surface area contributed by atoms with Crippen molar-refractivity contribution in [2.75, 3.05) is 13.1 Å². The van der Waals surface area contributed by atoms with Crippen molar-refractivity contribution < 1.29 is 4.42 Å². The van der Waals surface area contributed by atoms with Crippen molar-refractivity contribution >= 4 is 0 Å². The third-order valence-electron chi connectivity index (χ3n) is 3.35. The highest BCUT2D eigenvalue weighted by molar-refractivity contribution is 5.17. The fraction of sp³-hybridized carbons (Fsp3) is 0.714. The topological polar surface area (TPSA) is 28.4 Å². The summed E-state index contributed by atoms with van der Waals surface area (Å²) in [7, 11) is 0. The molecule has 1 heterocycles. The highest BCUT2D eigenvalue weighted by atomic mass is 16.3. The van der Waals surface area contributed by atoms with Crippen molar-refractivity contribution in [2.24, 2.45) is 0 Å². The van der Waals surface area contributed by atoms with E-state index >= 15 is 0 Å². The highest BCUT2D eigenvalue weighted by Crippen LogP contribution is 2.20. The standard InChI is InChI=1S/C14H24N2O/c1-3-8-16(4-2)11-14-12(7-9-17-14)10-15-13-5-6-13/h7,9,13,15H,3-6,8,10-11H2,1-2H3. The minimum Gasteiger partial charge on any atom is -0.468 e. The van der Waals surface area contributed by atoms with Crippen molar-refractivity contribution in [3.63, 3.8) is 0 Å². The molecule has 0 bridgehead atoms. The molecule has 3 heteroatoms. The summed E-state index contributed by atoms with van der Waals surface area (Å²) in [4.78, 5) is 2.43. The van der Waals surface area contributed by atoms with Crippen LogP contribution in [0.1, 0.15) is 44.4 Å². The van der Waals surface area contributed by atoms with E-state index in [-0.39, 0.29) is 0 Å². The van der Waals surface area contributed by atoms with E-state index in [0.717, 1.165) is 38.0 Å². The van der Waals surface area contributed by atoms with Gasteiger partial charge in [-0.1, -0.05) is 13.8 Å². The first-order valence-corrected chi connectivity index (χ1v) is 6.84. The number of furan rings is 1. The lowest BCUT2D eigenvalue weighted by Gasteiger charge is -2.18. The Morgan fingerprint density at radius 2 is 2.24 bits per heavy atom. The van der Waals surface area contributed by atoms with Gasteiger partial charge in [-0.15, -0.1) is 0 Å².